The van der Waals surface area contributed by atoms with Gasteiger partial charge in [-0.3, -0.25) is 0 Å². The van der Waals surface area contributed by atoms with Crippen molar-refractivity contribution in [1.29, 1.82) is 0 Å². The molecule has 0 aliphatic rings. The van der Waals surface area contributed by atoms with Crippen molar-refractivity contribution in [3.8, 4) is 11.5 Å². The van der Waals surface area contributed by atoms with Crippen molar-refractivity contribution < 1.29 is 15.3 Å². The monoisotopic (exact) mass is 169 g/mol. The van der Waals surface area contributed by atoms with E-state index < -0.39 is 6.10 Å². The number of hydrogen-bond acceptors (Lipinski definition) is 4. The number of aromatic hydroxyl groups is 2. The average molecular weight is 169 g/mol. The molecule has 1 rings (SSSR count). The summed E-state index contributed by atoms with van der Waals surface area (Å²) >= 11 is 0. The molecule has 66 valence electrons. The van der Waals surface area contributed by atoms with E-state index in [4.69, 9.17) is 5.73 Å². The number of phenols is 2. The van der Waals surface area contributed by atoms with Gasteiger partial charge in [0.2, 0.25) is 0 Å². The van der Waals surface area contributed by atoms with Gasteiger partial charge in [0.05, 0.1) is 11.7 Å². The highest BCUT2D eigenvalue weighted by molar-refractivity contribution is 5.44. The fourth-order valence-corrected chi connectivity index (χ4v) is 1.00. The number of nitrogens with two attached hydrogens (primary N) is 1. The molecule has 1 aromatic rings. The van der Waals surface area contributed by atoms with Crippen molar-refractivity contribution in [1.82, 2.24) is 0 Å². The lowest BCUT2D eigenvalue weighted by Gasteiger charge is -2.11. The molecule has 0 spiro atoms. The van der Waals surface area contributed by atoms with Crippen LogP contribution in [0.3, 0.4) is 0 Å². The van der Waals surface area contributed by atoms with Gasteiger partial charge in [-0.2, -0.15) is 0 Å². The lowest BCUT2D eigenvalue weighted by atomic mass is 10.1. The SMILES string of the molecule is NC[C@H](O)c1c(O)cccc1O. The Hall–Kier alpha value is -1.26. The van der Waals surface area contributed by atoms with Crippen LogP contribution in [0.1, 0.15) is 11.7 Å². The van der Waals surface area contributed by atoms with Gasteiger partial charge in [0.1, 0.15) is 11.5 Å². The topological polar surface area (TPSA) is 86.7 Å². The fourth-order valence-electron chi connectivity index (χ4n) is 1.00. The molecular formula is C8H11NO3. The van der Waals surface area contributed by atoms with Crippen molar-refractivity contribution >= 4 is 0 Å². The van der Waals surface area contributed by atoms with E-state index in [9.17, 15) is 15.3 Å². The van der Waals surface area contributed by atoms with Gasteiger partial charge in [-0.25, -0.2) is 0 Å². The van der Waals surface area contributed by atoms with Crippen LogP contribution in [0.25, 0.3) is 0 Å². The largest absolute Gasteiger partial charge is 0.507 e. The second-order valence-electron chi connectivity index (χ2n) is 2.46. The highest BCUT2D eigenvalue weighted by Crippen LogP contribution is 2.31. The van der Waals surface area contributed by atoms with Crippen molar-refractivity contribution in [3.63, 3.8) is 0 Å². The summed E-state index contributed by atoms with van der Waals surface area (Å²) in [5.74, 6) is -0.291. The van der Waals surface area contributed by atoms with Crippen LogP contribution in [0, 0.1) is 0 Å². The zero-order chi connectivity index (χ0) is 9.14. The molecule has 0 amide bonds. The maximum atomic E-state index is 9.25. The summed E-state index contributed by atoms with van der Waals surface area (Å²) < 4.78 is 0. The lowest BCUT2D eigenvalue weighted by Crippen LogP contribution is -2.11. The molecule has 1 aromatic carbocycles. The van der Waals surface area contributed by atoms with E-state index in [0.717, 1.165) is 0 Å². The van der Waals surface area contributed by atoms with E-state index in [1.165, 1.54) is 18.2 Å². The molecule has 5 N–H and O–H groups in total. The van der Waals surface area contributed by atoms with Crippen LogP contribution >= 0.6 is 0 Å². The fraction of sp³-hybridized carbons (Fsp3) is 0.250. The molecule has 4 nitrogen and oxygen atoms in total. The van der Waals surface area contributed by atoms with Gasteiger partial charge in [0.25, 0.3) is 0 Å². The number of rotatable bonds is 2. The van der Waals surface area contributed by atoms with Crippen LogP contribution in [0.5, 0.6) is 11.5 Å². The van der Waals surface area contributed by atoms with E-state index >= 15 is 0 Å². The Balaban J connectivity index is 3.12. The molecule has 0 aliphatic carbocycles. The molecule has 12 heavy (non-hydrogen) atoms. The van der Waals surface area contributed by atoms with Crippen molar-refractivity contribution in [3.05, 3.63) is 23.8 Å². The van der Waals surface area contributed by atoms with E-state index in [1.807, 2.05) is 0 Å². The standard InChI is InChI=1S/C8H11NO3/c9-4-7(12)8-5(10)2-1-3-6(8)11/h1-3,7,10-12H,4,9H2/t7-/m0/s1. The molecule has 0 aromatic heterocycles. The number of aliphatic hydroxyl groups excluding tert-OH is 1. The molecule has 0 saturated carbocycles. The molecule has 0 aliphatic heterocycles. The first-order valence-corrected chi connectivity index (χ1v) is 3.55. The minimum absolute atomic E-state index is 0.0366. The molecule has 0 radical (unpaired) electrons. The molecule has 4 heteroatoms. The molecule has 1 atom stereocenters. The highest BCUT2D eigenvalue weighted by atomic mass is 16.3. The summed E-state index contributed by atoms with van der Waals surface area (Å²) in [6, 6.07) is 4.25. The Labute approximate surface area is 69.9 Å². The lowest BCUT2D eigenvalue weighted by molar-refractivity contribution is 0.178. The smallest absolute Gasteiger partial charge is 0.125 e. The number of aliphatic hydroxyl groups is 1. The van der Waals surface area contributed by atoms with Crippen LogP contribution in [-0.2, 0) is 0 Å². The van der Waals surface area contributed by atoms with Gasteiger partial charge in [0.15, 0.2) is 0 Å². The van der Waals surface area contributed by atoms with Crippen molar-refractivity contribution in [2.75, 3.05) is 6.54 Å². The first-order valence-electron chi connectivity index (χ1n) is 3.55. The summed E-state index contributed by atoms with van der Waals surface area (Å²) in [5.41, 5.74) is 5.25. The summed E-state index contributed by atoms with van der Waals surface area (Å²) in [5, 5.41) is 27.7. The Kier molecular flexibility index (Phi) is 2.52. The predicted molar refractivity (Wildman–Crippen MR) is 43.8 cm³/mol. The minimum Gasteiger partial charge on any atom is -0.507 e. The third kappa shape index (κ3) is 1.49. The normalized spacial score (nSPS) is 12.8. The average Bonchev–Trinajstić information content (AvgIpc) is 2.03. The second kappa shape index (κ2) is 3.42. The Morgan fingerprint density at radius 3 is 2.17 bits per heavy atom. The molecule has 0 bridgehead atoms. The summed E-state index contributed by atoms with van der Waals surface area (Å²) in [4.78, 5) is 0. The first-order chi connectivity index (χ1) is 5.66. The van der Waals surface area contributed by atoms with Crippen LogP contribution in [0.2, 0.25) is 0 Å². The van der Waals surface area contributed by atoms with Gasteiger partial charge in [-0.15, -0.1) is 0 Å². The summed E-state index contributed by atoms with van der Waals surface area (Å²) in [7, 11) is 0. The molecule has 0 unspecified atom stereocenters. The molecular weight excluding hydrogens is 158 g/mol. The van der Waals surface area contributed by atoms with E-state index in [0.29, 0.717) is 0 Å². The number of benzene rings is 1. The molecule has 0 saturated heterocycles. The second-order valence-corrected chi connectivity index (χ2v) is 2.46. The Morgan fingerprint density at radius 2 is 1.75 bits per heavy atom. The minimum atomic E-state index is -1.02. The van der Waals surface area contributed by atoms with Crippen LogP contribution in [-0.4, -0.2) is 21.9 Å². The van der Waals surface area contributed by atoms with Gasteiger partial charge in [-0.1, -0.05) is 6.07 Å². The molecule has 0 heterocycles. The van der Waals surface area contributed by atoms with Crippen molar-refractivity contribution in [2.24, 2.45) is 5.73 Å². The maximum Gasteiger partial charge on any atom is 0.125 e. The highest BCUT2D eigenvalue weighted by Gasteiger charge is 2.14. The van der Waals surface area contributed by atoms with Gasteiger partial charge in [0, 0.05) is 6.54 Å². The summed E-state index contributed by atoms with van der Waals surface area (Å²) in [6.07, 6.45) is -1.02. The van der Waals surface area contributed by atoms with Gasteiger partial charge >= 0.3 is 0 Å². The van der Waals surface area contributed by atoms with E-state index in [1.54, 1.807) is 0 Å². The Bertz CT molecular complexity index is 255. The third-order valence-corrected chi connectivity index (χ3v) is 1.62. The Morgan fingerprint density at radius 1 is 1.25 bits per heavy atom. The van der Waals surface area contributed by atoms with Crippen LogP contribution in [0.15, 0.2) is 18.2 Å². The van der Waals surface area contributed by atoms with Crippen LogP contribution in [0.4, 0.5) is 0 Å². The van der Waals surface area contributed by atoms with Gasteiger partial charge < -0.3 is 21.1 Å². The van der Waals surface area contributed by atoms with Crippen molar-refractivity contribution in [2.45, 2.75) is 6.10 Å². The number of phenolic OH excluding ortho intramolecular Hbond substituents is 2. The number of hydrogen-bond donors (Lipinski definition) is 4. The zero-order valence-electron chi connectivity index (χ0n) is 6.44. The van der Waals surface area contributed by atoms with E-state index in [2.05, 4.69) is 0 Å². The maximum absolute atomic E-state index is 9.25. The predicted octanol–water partition coefficient (Wildman–Crippen LogP) is 0.0899. The first kappa shape index (κ1) is 8.83. The summed E-state index contributed by atoms with van der Waals surface area (Å²) in [6.45, 7) is -0.0366. The third-order valence-electron chi connectivity index (χ3n) is 1.62. The van der Waals surface area contributed by atoms with Gasteiger partial charge in [-0.05, 0) is 12.1 Å². The molecule has 0 fully saturated rings. The van der Waals surface area contributed by atoms with Crippen LogP contribution < -0.4 is 5.73 Å². The zero-order valence-corrected chi connectivity index (χ0v) is 6.44. The van der Waals surface area contributed by atoms with E-state index in [-0.39, 0.29) is 23.6 Å². The quantitative estimate of drug-likeness (QED) is 0.505.